The van der Waals surface area contributed by atoms with Gasteiger partial charge >= 0.3 is 0 Å². The van der Waals surface area contributed by atoms with Gasteiger partial charge < -0.3 is 10.2 Å². The number of carbonyl (C=O) groups is 1. The van der Waals surface area contributed by atoms with Gasteiger partial charge in [-0.2, -0.15) is 0 Å². The number of nitrogens with zero attached hydrogens (tertiary/aromatic N) is 2. The first kappa shape index (κ1) is 20.0. The van der Waals surface area contributed by atoms with E-state index in [0.29, 0.717) is 5.75 Å². The van der Waals surface area contributed by atoms with E-state index in [4.69, 9.17) is 11.6 Å². The summed E-state index contributed by atoms with van der Waals surface area (Å²) in [7, 11) is 0. The lowest BCUT2D eigenvalue weighted by atomic mass is 10.1. The third kappa shape index (κ3) is 5.61. The summed E-state index contributed by atoms with van der Waals surface area (Å²) in [5, 5.41) is 4.10. The zero-order valence-electron chi connectivity index (χ0n) is 13.7. The molecule has 1 saturated heterocycles. The number of thioether (sulfide) groups is 1. The van der Waals surface area contributed by atoms with Crippen LogP contribution in [0.5, 0.6) is 0 Å². The van der Waals surface area contributed by atoms with Crippen LogP contribution in [0, 0.1) is 0 Å². The van der Waals surface area contributed by atoms with Crippen molar-refractivity contribution in [3.8, 4) is 0 Å². The lowest BCUT2D eigenvalue weighted by molar-refractivity contribution is -0.131. The van der Waals surface area contributed by atoms with Crippen LogP contribution in [-0.4, -0.2) is 41.2 Å². The van der Waals surface area contributed by atoms with Gasteiger partial charge in [0.25, 0.3) is 0 Å². The average molecular weight is 398 g/mol. The van der Waals surface area contributed by atoms with Crippen molar-refractivity contribution in [3.05, 3.63) is 64.9 Å². The number of pyridine rings is 1. The molecular formula is C18H21Cl2N3OS. The Balaban J connectivity index is 0.00000225. The van der Waals surface area contributed by atoms with Crippen LogP contribution in [0.3, 0.4) is 0 Å². The number of nitrogens with one attached hydrogen (secondary N) is 1. The molecule has 0 spiro atoms. The van der Waals surface area contributed by atoms with E-state index >= 15 is 0 Å². The standard InChI is InChI=1S/C18H20ClN3OS.ClH/c19-16-5-3-14(4-6-16)12-24-13-18(23)22-9-8-21-11-17(22)15-2-1-7-20-10-15;/h1-7,10,17,21H,8-9,11-13H2;1H. The van der Waals surface area contributed by atoms with Crippen molar-refractivity contribution >= 4 is 41.7 Å². The molecule has 1 aromatic carbocycles. The minimum absolute atomic E-state index is 0. The Kier molecular flexibility index (Phi) is 8.03. The monoisotopic (exact) mass is 397 g/mol. The maximum atomic E-state index is 12.7. The Morgan fingerprint density at radius 3 is 2.84 bits per heavy atom. The van der Waals surface area contributed by atoms with Crippen LogP contribution in [0.25, 0.3) is 0 Å². The molecule has 7 heteroatoms. The van der Waals surface area contributed by atoms with Crippen LogP contribution in [0.2, 0.25) is 5.02 Å². The SMILES string of the molecule is Cl.O=C(CSCc1ccc(Cl)cc1)N1CCNCC1c1cccnc1. The molecule has 0 saturated carbocycles. The van der Waals surface area contributed by atoms with Crippen LogP contribution < -0.4 is 5.32 Å². The highest BCUT2D eigenvalue weighted by atomic mass is 35.5. The molecule has 1 amide bonds. The number of benzene rings is 1. The van der Waals surface area contributed by atoms with Gasteiger partial charge in [-0.25, -0.2) is 0 Å². The van der Waals surface area contributed by atoms with E-state index in [1.807, 2.05) is 47.5 Å². The Labute approximate surface area is 163 Å². The highest BCUT2D eigenvalue weighted by Gasteiger charge is 2.27. The molecule has 1 aliphatic heterocycles. The number of halogens is 2. The van der Waals surface area contributed by atoms with Crippen LogP contribution in [-0.2, 0) is 10.5 Å². The summed E-state index contributed by atoms with van der Waals surface area (Å²) in [5.74, 6) is 1.48. The van der Waals surface area contributed by atoms with Crippen molar-refractivity contribution in [2.45, 2.75) is 11.8 Å². The smallest absolute Gasteiger partial charge is 0.233 e. The highest BCUT2D eigenvalue weighted by Crippen LogP contribution is 2.23. The van der Waals surface area contributed by atoms with Gasteiger partial charge in [0.15, 0.2) is 0 Å². The average Bonchev–Trinajstić information content (AvgIpc) is 2.64. The molecule has 0 bridgehead atoms. The summed E-state index contributed by atoms with van der Waals surface area (Å²) in [6, 6.07) is 11.8. The number of carbonyl (C=O) groups excluding carboxylic acids is 1. The fourth-order valence-corrected chi connectivity index (χ4v) is 3.79. The van der Waals surface area contributed by atoms with Crippen LogP contribution in [0.15, 0.2) is 48.8 Å². The maximum Gasteiger partial charge on any atom is 0.233 e. The molecule has 1 fully saturated rings. The number of aromatic nitrogens is 1. The van der Waals surface area contributed by atoms with E-state index in [-0.39, 0.29) is 24.4 Å². The molecule has 25 heavy (non-hydrogen) atoms. The third-order valence-corrected chi connectivity index (χ3v) is 5.28. The van der Waals surface area contributed by atoms with Gasteiger partial charge in [-0.3, -0.25) is 9.78 Å². The normalized spacial score (nSPS) is 17.0. The minimum atomic E-state index is 0. The van der Waals surface area contributed by atoms with Crippen LogP contribution in [0.4, 0.5) is 0 Å². The van der Waals surface area contributed by atoms with Gasteiger partial charge in [-0.1, -0.05) is 29.8 Å². The maximum absolute atomic E-state index is 12.7. The predicted octanol–water partition coefficient (Wildman–Crippen LogP) is 3.56. The Morgan fingerprint density at radius 1 is 1.32 bits per heavy atom. The largest absolute Gasteiger partial charge is 0.332 e. The molecule has 134 valence electrons. The van der Waals surface area contributed by atoms with Gasteiger partial charge in [-0.05, 0) is 29.3 Å². The second kappa shape index (κ2) is 10.0. The molecule has 0 aliphatic carbocycles. The summed E-state index contributed by atoms with van der Waals surface area (Å²) >= 11 is 7.53. The number of piperazine rings is 1. The summed E-state index contributed by atoms with van der Waals surface area (Å²) in [5.41, 5.74) is 2.27. The zero-order chi connectivity index (χ0) is 16.8. The van der Waals surface area contributed by atoms with E-state index in [0.717, 1.165) is 36.0 Å². The molecule has 2 heterocycles. The fraction of sp³-hybridized carbons (Fsp3) is 0.333. The second-order valence-corrected chi connectivity index (χ2v) is 7.13. The van der Waals surface area contributed by atoms with Crippen LogP contribution in [0.1, 0.15) is 17.2 Å². The number of hydrogen-bond donors (Lipinski definition) is 1. The second-order valence-electron chi connectivity index (χ2n) is 5.71. The van der Waals surface area contributed by atoms with Crippen molar-refractivity contribution in [3.63, 3.8) is 0 Å². The van der Waals surface area contributed by atoms with E-state index in [1.54, 1.807) is 18.0 Å². The van der Waals surface area contributed by atoms with Crippen molar-refractivity contribution < 1.29 is 4.79 Å². The first-order valence-corrected chi connectivity index (χ1v) is 9.49. The molecule has 1 aromatic heterocycles. The molecule has 4 nitrogen and oxygen atoms in total. The van der Waals surface area contributed by atoms with E-state index < -0.39 is 0 Å². The highest BCUT2D eigenvalue weighted by molar-refractivity contribution is 7.99. The first-order chi connectivity index (χ1) is 11.7. The molecule has 1 aliphatic rings. The topological polar surface area (TPSA) is 45.2 Å². The summed E-state index contributed by atoms with van der Waals surface area (Å²) in [6.45, 7) is 2.35. The van der Waals surface area contributed by atoms with E-state index in [9.17, 15) is 4.79 Å². The van der Waals surface area contributed by atoms with Crippen molar-refractivity contribution in [2.24, 2.45) is 0 Å². The van der Waals surface area contributed by atoms with Gasteiger partial charge in [0.2, 0.25) is 5.91 Å². The predicted molar refractivity (Wildman–Crippen MR) is 106 cm³/mol. The first-order valence-electron chi connectivity index (χ1n) is 7.96. The number of amides is 1. The lowest BCUT2D eigenvalue weighted by Gasteiger charge is -2.36. The van der Waals surface area contributed by atoms with E-state index in [1.165, 1.54) is 5.56 Å². The number of rotatable bonds is 5. The number of hydrogen-bond acceptors (Lipinski definition) is 4. The van der Waals surface area contributed by atoms with E-state index in [2.05, 4.69) is 10.3 Å². The van der Waals surface area contributed by atoms with Gasteiger partial charge in [-0.15, -0.1) is 24.2 Å². The van der Waals surface area contributed by atoms with Gasteiger partial charge in [0.1, 0.15) is 0 Å². The molecular weight excluding hydrogens is 377 g/mol. The Morgan fingerprint density at radius 2 is 2.12 bits per heavy atom. The fourth-order valence-electron chi connectivity index (χ4n) is 2.79. The van der Waals surface area contributed by atoms with Crippen molar-refractivity contribution in [2.75, 3.05) is 25.4 Å². The molecule has 1 unspecified atom stereocenters. The molecule has 2 aromatic rings. The van der Waals surface area contributed by atoms with Gasteiger partial charge in [0.05, 0.1) is 11.8 Å². The minimum Gasteiger partial charge on any atom is -0.332 e. The Bertz CT molecular complexity index is 670. The third-order valence-electron chi connectivity index (χ3n) is 4.04. The summed E-state index contributed by atoms with van der Waals surface area (Å²) in [6.07, 6.45) is 3.60. The van der Waals surface area contributed by atoms with Crippen LogP contribution >= 0.6 is 35.8 Å². The summed E-state index contributed by atoms with van der Waals surface area (Å²) < 4.78 is 0. The van der Waals surface area contributed by atoms with Crippen molar-refractivity contribution in [1.29, 1.82) is 0 Å². The quantitative estimate of drug-likeness (QED) is 0.837. The molecule has 3 rings (SSSR count). The zero-order valence-corrected chi connectivity index (χ0v) is 16.1. The molecule has 1 atom stereocenters. The summed E-state index contributed by atoms with van der Waals surface area (Å²) in [4.78, 5) is 18.8. The lowest BCUT2D eigenvalue weighted by Crippen LogP contribution is -2.49. The molecule has 1 N–H and O–H groups in total. The molecule has 0 radical (unpaired) electrons. The Hall–Kier alpha value is -1.27. The van der Waals surface area contributed by atoms with Crippen molar-refractivity contribution in [1.82, 2.24) is 15.2 Å². The van der Waals surface area contributed by atoms with Gasteiger partial charge in [0, 0.05) is 42.8 Å².